The van der Waals surface area contributed by atoms with Crippen LogP contribution >= 0.6 is 0 Å². The lowest BCUT2D eigenvalue weighted by atomic mass is 9.98. The van der Waals surface area contributed by atoms with E-state index in [2.05, 4.69) is 4.72 Å². The molecule has 0 aliphatic carbocycles. The van der Waals surface area contributed by atoms with Crippen molar-refractivity contribution in [3.05, 3.63) is 0 Å². The Morgan fingerprint density at radius 3 is 2.71 bits per heavy atom. The minimum atomic E-state index is -3.37. The van der Waals surface area contributed by atoms with E-state index in [4.69, 9.17) is 0 Å². The molecule has 0 spiro atoms. The molecule has 2 unspecified atom stereocenters. The molecule has 1 aliphatic heterocycles. The van der Waals surface area contributed by atoms with Gasteiger partial charge in [0.15, 0.2) is 0 Å². The molecule has 5 nitrogen and oxygen atoms in total. The van der Waals surface area contributed by atoms with Crippen molar-refractivity contribution in [1.29, 1.82) is 0 Å². The van der Waals surface area contributed by atoms with E-state index in [1.807, 2.05) is 6.92 Å². The molecule has 1 fully saturated rings. The molecular weight excluding hydrogens is 204 g/mol. The third-order valence-electron chi connectivity index (χ3n) is 2.55. The van der Waals surface area contributed by atoms with E-state index in [9.17, 15) is 13.5 Å². The minimum absolute atomic E-state index is 0.183. The number of hydrogen-bond donors (Lipinski definition) is 2. The third kappa shape index (κ3) is 2.66. The number of nitrogens with one attached hydrogen (secondary N) is 1. The summed E-state index contributed by atoms with van der Waals surface area (Å²) in [5, 5.41) is 9.55. The van der Waals surface area contributed by atoms with Crippen LogP contribution in [-0.4, -0.2) is 43.6 Å². The van der Waals surface area contributed by atoms with Gasteiger partial charge in [0.2, 0.25) is 0 Å². The minimum Gasteiger partial charge on any atom is -0.391 e. The van der Waals surface area contributed by atoms with Crippen LogP contribution in [0.5, 0.6) is 0 Å². The molecular formula is C8H18N2O3S. The number of aliphatic hydroxyl groups is 1. The van der Waals surface area contributed by atoms with Crippen molar-refractivity contribution in [2.75, 3.05) is 19.6 Å². The lowest BCUT2D eigenvalue weighted by Crippen LogP contribution is -2.49. The second-order valence-electron chi connectivity index (χ2n) is 3.69. The van der Waals surface area contributed by atoms with Gasteiger partial charge >= 0.3 is 0 Å². The fraction of sp³-hybridized carbons (Fsp3) is 1.00. The van der Waals surface area contributed by atoms with Gasteiger partial charge in [-0.3, -0.25) is 0 Å². The normalized spacial score (nSPS) is 30.5. The van der Waals surface area contributed by atoms with Gasteiger partial charge in [0.25, 0.3) is 10.2 Å². The average molecular weight is 222 g/mol. The van der Waals surface area contributed by atoms with Gasteiger partial charge in [-0.1, -0.05) is 13.8 Å². The Morgan fingerprint density at radius 2 is 2.21 bits per heavy atom. The van der Waals surface area contributed by atoms with E-state index in [1.54, 1.807) is 6.92 Å². The highest BCUT2D eigenvalue weighted by Gasteiger charge is 2.30. The molecule has 1 aliphatic rings. The number of aliphatic hydroxyl groups excluding tert-OH is 1. The molecule has 2 atom stereocenters. The van der Waals surface area contributed by atoms with Crippen molar-refractivity contribution in [3.63, 3.8) is 0 Å². The fourth-order valence-corrected chi connectivity index (χ4v) is 2.75. The highest BCUT2D eigenvalue weighted by Crippen LogP contribution is 2.18. The maximum Gasteiger partial charge on any atom is 0.279 e. The number of hydrogen-bond acceptors (Lipinski definition) is 3. The Hall–Kier alpha value is -0.170. The van der Waals surface area contributed by atoms with E-state index >= 15 is 0 Å². The van der Waals surface area contributed by atoms with E-state index in [0.29, 0.717) is 19.5 Å². The maximum atomic E-state index is 11.5. The average Bonchev–Trinajstić information content (AvgIpc) is 2.09. The highest BCUT2D eigenvalue weighted by molar-refractivity contribution is 7.87. The highest BCUT2D eigenvalue weighted by atomic mass is 32.2. The predicted molar refractivity (Wildman–Crippen MR) is 54.0 cm³/mol. The van der Waals surface area contributed by atoms with Gasteiger partial charge in [-0.15, -0.1) is 0 Å². The van der Waals surface area contributed by atoms with E-state index < -0.39 is 16.3 Å². The molecule has 1 rings (SSSR count). The first-order valence-corrected chi connectivity index (χ1v) is 6.34. The summed E-state index contributed by atoms with van der Waals surface area (Å²) in [6, 6.07) is 0. The fourth-order valence-electron chi connectivity index (χ4n) is 1.51. The van der Waals surface area contributed by atoms with Gasteiger partial charge in [-0.05, 0) is 12.3 Å². The van der Waals surface area contributed by atoms with Crippen molar-refractivity contribution in [2.45, 2.75) is 26.4 Å². The molecule has 0 saturated carbocycles. The molecule has 0 aromatic carbocycles. The number of piperidine rings is 1. The Bertz CT molecular complexity index is 278. The van der Waals surface area contributed by atoms with Crippen LogP contribution in [0.3, 0.4) is 0 Å². The molecule has 1 heterocycles. The van der Waals surface area contributed by atoms with E-state index in [-0.39, 0.29) is 12.5 Å². The Balaban J connectivity index is 2.63. The summed E-state index contributed by atoms with van der Waals surface area (Å²) in [5.74, 6) is 0.183. The van der Waals surface area contributed by atoms with Crippen LogP contribution in [0.2, 0.25) is 0 Å². The molecule has 0 aromatic heterocycles. The standard InChI is InChI=1S/C8H18N2O3S/c1-3-9-14(12,13)10-5-4-7(2)8(11)6-10/h7-9,11H,3-6H2,1-2H3. The first-order valence-electron chi connectivity index (χ1n) is 4.90. The molecule has 0 aromatic rings. The van der Waals surface area contributed by atoms with Crippen molar-refractivity contribution < 1.29 is 13.5 Å². The van der Waals surface area contributed by atoms with Crippen LogP contribution in [-0.2, 0) is 10.2 Å². The second kappa shape index (κ2) is 4.57. The largest absolute Gasteiger partial charge is 0.391 e. The molecule has 84 valence electrons. The van der Waals surface area contributed by atoms with Crippen LogP contribution in [0.4, 0.5) is 0 Å². The predicted octanol–water partition coefficient (Wildman–Crippen LogP) is -0.457. The van der Waals surface area contributed by atoms with E-state index in [0.717, 1.165) is 0 Å². The number of nitrogens with zero attached hydrogens (tertiary/aromatic N) is 1. The summed E-state index contributed by atoms with van der Waals surface area (Å²) in [5.41, 5.74) is 0. The molecule has 0 amide bonds. The smallest absolute Gasteiger partial charge is 0.279 e. The summed E-state index contributed by atoms with van der Waals surface area (Å²) in [6.45, 7) is 4.75. The van der Waals surface area contributed by atoms with Crippen LogP contribution in [0.25, 0.3) is 0 Å². The van der Waals surface area contributed by atoms with Crippen molar-refractivity contribution in [3.8, 4) is 0 Å². The zero-order valence-corrected chi connectivity index (χ0v) is 9.42. The van der Waals surface area contributed by atoms with Gasteiger partial charge < -0.3 is 5.11 Å². The van der Waals surface area contributed by atoms with Crippen molar-refractivity contribution >= 4 is 10.2 Å². The third-order valence-corrected chi connectivity index (χ3v) is 4.21. The Kier molecular flexibility index (Phi) is 3.88. The lowest BCUT2D eigenvalue weighted by Gasteiger charge is -2.33. The zero-order valence-electron chi connectivity index (χ0n) is 8.60. The zero-order chi connectivity index (χ0) is 10.8. The number of rotatable bonds is 3. The van der Waals surface area contributed by atoms with Gasteiger partial charge in [-0.2, -0.15) is 12.7 Å². The molecule has 0 bridgehead atoms. The second-order valence-corrected chi connectivity index (χ2v) is 5.45. The molecule has 2 N–H and O–H groups in total. The van der Waals surface area contributed by atoms with Crippen LogP contribution < -0.4 is 4.72 Å². The summed E-state index contributed by atoms with van der Waals surface area (Å²) in [7, 11) is -3.37. The Labute approximate surface area is 85.3 Å². The van der Waals surface area contributed by atoms with Crippen molar-refractivity contribution in [2.24, 2.45) is 5.92 Å². The molecule has 6 heteroatoms. The SMILES string of the molecule is CCNS(=O)(=O)N1CCC(C)C(O)C1. The summed E-state index contributed by atoms with van der Waals surface area (Å²) in [6.07, 6.45) is 0.170. The van der Waals surface area contributed by atoms with Crippen LogP contribution in [0.15, 0.2) is 0 Å². The van der Waals surface area contributed by atoms with Crippen LogP contribution in [0.1, 0.15) is 20.3 Å². The van der Waals surface area contributed by atoms with Gasteiger partial charge in [0.05, 0.1) is 6.10 Å². The first-order chi connectivity index (χ1) is 6.47. The monoisotopic (exact) mass is 222 g/mol. The molecule has 0 radical (unpaired) electrons. The lowest BCUT2D eigenvalue weighted by molar-refractivity contribution is 0.0601. The first kappa shape index (κ1) is 11.9. The van der Waals surface area contributed by atoms with E-state index in [1.165, 1.54) is 4.31 Å². The number of β-amino-alcohol motifs (C(OH)–C–C–N with tert-alkyl or cyclic N) is 1. The summed E-state index contributed by atoms with van der Waals surface area (Å²) in [4.78, 5) is 0. The van der Waals surface area contributed by atoms with Gasteiger partial charge in [-0.25, -0.2) is 4.72 Å². The summed E-state index contributed by atoms with van der Waals surface area (Å²) < 4.78 is 26.8. The Morgan fingerprint density at radius 1 is 1.57 bits per heavy atom. The van der Waals surface area contributed by atoms with Crippen molar-refractivity contribution in [1.82, 2.24) is 9.03 Å². The van der Waals surface area contributed by atoms with Gasteiger partial charge in [0, 0.05) is 19.6 Å². The van der Waals surface area contributed by atoms with Gasteiger partial charge in [0.1, 0.15) is 0 Å². The topological polar surface area (TPSA) is 69.6 Å². The molecule has 1 saturated heterocycles. The quantitative estimate of drug-likeness (QED) is 0.679. The molecule has 14 heavy (non-hydrogen) atoms. The summed E-state index contributed by atoms with van der Waals surface area (Å²) >= 11 is 0. The maximum absolute atomic E-state index is 11.5. The van der Waals surface area contributed by atoms with Crippen LogP contribution in [0, 0.1) is 5.92 Å².